The van der Waals surface area contributed by atoms with Crippen LogP contribution in [-0.2, 0) is 17.1 Å². The fourth-order valence-electron chi connectivity index (χ4n) is 2.55. The SMILES string of the molecule is C=CS(=O)(=O)NC[C@H]1CCCN(C(=O)c2cccn2C)C1. The number of piperidine rings is 1. The van der Waals surface area contributed by atoms with Gasteiger partial charge in [0.25, 0.3) is 5.91 Å². The molecule has 1 atom stereocenters. The highest BCUT2D eigenvalue weighted by Gasteiger charge is 2.26. The summed E-state index contributed by atoms with van der Waals surface area (Å²) in [7, 11) is -1.56. The topological polar surface area (TPSA) is 71.4 Å². The van der Waals surface area contributed by atoms with Crippen molar-refractivity contribution in [1.82, 2.24) is 14.2 Å². The van der Waals surface area contributed by atoms with Gasteiger partial charge in [-0.25, -0.2) is 13.1 Å². The fourth-order valence-corrected chi connectivity index (χ4v) is 3.14. The first-order valence-corrected chi connectivity index (χ1v) is 8.50. The van der Waals surface area contributed by atoms with E-state index in [0.29, 0.717) is 25.3 Å². The largest absolute Gasteiger partial charge is 0.347 e. The summed E-state index contributed by atoms with van der Waals surface area (Å²) in [4.78, 5) is 14.2. The zero-order valence-electron chi connectivity index (χ0n) is 12.2. The lowest BCUT2D eigenvalue weighted by Crippen LogP contribution is -2.43. The van der Waals surface area contributed by atoms with Crippen LogP contribution in [0.5, 0.6) is 0 Å². The smallest absolute Gasteiger partial charge is 0.270 e. The van der Waals surface area contributed by atoms with Gasteiger partial charge in [-0.15, -0.1) is 0 Å². The van der Waals surface area contributed by atoms with E-state index in [-0.39, 0.29) is 11.8 Å². The van der Waals surface area contributed by atoms with Crippen molar-refractivity contribution >= 4 is 15.9 Å². The molecule has 1 aromatic heterocycles. The number of rotatable bonds is 5. The summed E-state index contributed by atoms with van der Waals surface area (Å²) in [6, 6.07) is 3.64. The molecule has 2 rings (SSSR count). The Bertz CT molecular complexity index is 621. The highest BCUT2D eigenvalue weighted by atomic mass is 32.2. The maximum absolute atomic E-state index is 12.4. The first-order chi connectivity index (χ1) is 9.93. The van der Waals surface area contributed by atoms with Crippen LogP contribution < -0.4 is 4.72 Å². The number of hydrogen-bond acceptors (Lipinski definition) is 3. The lowest BCUT2D eigenvalue weighted by Gasteiger charge is -2.32. The third-order valence-corrected chi connectivity index (χ3v) is 4.77. The van der Waals surface area contributed by atoms with E-state index in [1.54, 1.807) is 15.5 Å². The Morgan fingerprint density at radius 2 is 2.33 bits per heavy atom. The number of carbonyl (C=O) groups is 1. The van der Waals surface area contributed by atoms with Gasteiger partial charge in [0.05, 0.1) is 0 Å². The van der Waals surface area contributed by atoms with Crippen LogP contribution in [-0.4, -0.2) is 43.4 Å². The Balaban J connectivity index is 1.96. The first-order valence-electron chi connectivity index (χ1n) is 6.95. The molecule has 0 radical (unpaired) electrons. The average molecular weight is 311 g/mol. The minimum atomic E-state index is -3.40. The number of amides is 1. The van der Waals surface area contributed by atoms with Gasteiger partial charge in [-0.3, -0.25) is 4.79 Å². The van der Waals surface area contributed by atoms with E-state index in [4.69, 9.17) is 0 Å². The molecule has 116 valence electrons. The first kappa shape index (κ1) is 15.8. The van der Waals surface area contributed by atoms with E-state index in [1.165, 1.54) is 0 Å². The maximum atomic E-state index is 12.4. The minimum Gasteiger partial charge on any atom is -0.347 e. The Morgan fingerprint density at radius 3 is 2.95 bits per heavy atom. The van der Waals surface area contributed by atoms with Crippen LogP contribution in [0.4, 0.5) is 0 Å². The van der Waals surface area contributed by atoms with E-state index in [0.717, 1.165) is 18.2 Å². The lowest BCUT2D eigenvalue weighted by molar-refractivity contribution is 0.0667. The van der Waals surface area contributed by atoms with Crippen molar-refractivity contribution in [3.63, 3.8) is 0 Å². The van der Waals surface area contributed by atoms with Gasteiger partial charge in [0.2, 0.25) is 10.0 Å². The Kier molecular flexibility index (Phi) is 4.84. The number of hydrogen-bond donors (Lipinski definition) is 1. The number of sulfonamides is 1. The van der Waals surface area contributed by atoms with Gasteiger partial charge in [0.15, 0.2) is 0 Å². The lowest BCUT2D eigenvalue weighted by atomic mass is 9.98. The summed E-state index contributed by atoms with van der Waals surface area (Å²) < 4.78 is 27.0. The van der Waals surface area contributed by atoms with E-state index in [2.05, 4.69) is 11.3 Å². The molecular formula is C14H21N3O3S. The second-order valence-electron chi connectivity index (χ2n) is 5.32. The Morgan fingerprint density at radius 1 is 1.57 bits per heavy atom. The van der Waals surface area contributed by atoms with E-state index < -0.39 is 10.0 Å². The van der Waals surface area contributed by atoms with Gasteiger partial charge < -0.3 is 9.47 Å². The molecular weight excluding hydrogens is 290 g/mol. The van der Waals surface area contributed by atoms with Crippen LogP contribution in [0.15, 0.2) is 30.3 Å². The Hall–Kier alpha value is -1.60. The summed E-state index contributed by atoms with van der Waals surface area (Å²) in [6.07, 6.45) is 3.64. The zero-order chi connectivity index (χ0) is 15.5. The molecule has 0 saturated carbocycles. The van der Waals surface area contributed by atoms with Crippen molar-refractivity contribution in [2.24, 2.45) is 13.0 Å². The zero-order valence-corrected chi connectivity index (χ0v) is 13.0. The second-order valence-corrected chi connectivity index (χ2v) is 7.04. The number of aryl methyl sites for hydroxylation is 1. The molecule has 21 heavy (non-hydrogen) atoms. The second kappa shape index (κ2) is 6.44. The molecule has 1 N–H and O–H groups in total. The van der Waals surface area contributed by atoms with Crippen molar-refractivity contribution in [2.75, 3.05) is 19.6 Å². The molecule has 1 fully saturated rings. The highest BCUT2D eigenvalue weighted by molar-refractivity contribution is 7.92. The van der Waals surface area contributed by atoms with Crippen molar-refractivity contribution in [2.45, 2.75) is 12.8 Å². The molecule has 1 aliphatic heterocycles. The number of likely N-dealkylation sites (tertiary alicyclic amines) is 1. The third-order valence-electron chi connectivity index (χ3n) is 3.76. The monoisotopic (exact) mass is 311 g/mol. The van der Waals surface area contributed by atoms with Gasteiger partial charge in [-0.05, 0) is 30.9 Å². The summed E-state index contributed by atoms with van der Waals surface area (Å²) in [5, 5.41) is 0.905. The van der Waals surface area contributed by atoms with Crippen LogP contribution in [0.3, 0.4) is 0 Å². The van der Waals surface area contributed by atoms with Gasteiger partial charge in [-0.1, -0.05) is 6.58 Å². The highest BCUT2D eigenvalue weighted by Crippen LogP contribution is 2.18. The van der Waals surface area contributed by atoms with Gasteiger partial charge in [-0.2, -0.15) is 0 Å². The van der Waals surface area contributed by atoms with Crippen LogP contribution in [0.1, 0.15) is 23.3 Å². The molecule has 0 aromatic carbocycles. The van der Waals surface area contributed by atoms with Gasteiger partial charge in [0.1, 0.15) is 5.69 Å². The van der Waals surface area contributed by atoms with Gasteiger partial charge >= 0.3 is 0 Å². The fraction of sp³-hybridized carbons (Fsp3) is 0.500. The third kappa shape index (κ3) is 3.95. The number of carbonyl (C=O) groups excluding carboxylic acids is 1. The predicted molar refractivity (Wildman–Crippen MR) is 81.2 cm³/mol. The minimum absolute atomic E-state index is 0.00113. The van der Waals surface area contributed by atoms with Crippen molar-refractivity contribution in [3.05, 3.63) is 36.0 Å². The molecule has 0 spiro atoms. The van der Waals surface area contributed by atoms with E-state index in [9.17, 15) is 13.2 Å². The summed E-state index contributed by atoms with van der Waals surface area (Å²) in [5.74, 6) is 0.136. The number of nitrogens with one attached hydrogen (secondary N) is 1. The Labute approximate surface area is 125 Å². The van der Waals surface area contributed by atoms with Crippen LogP contribution >= 0.6 is 0 Å². The molecule has 1 amide bonds. The summed E-state index contributed by atoms with van der Waals surface area (Å²) in [5.41, 5.74) is 0.655. The standard InChI is InChI=1S/C14H21N3O3S/c1-3-21(19,20)15-10-12-6-4-9-17(11-12)14(18)13-7-5-8-16(13)2/h3,5,7-8,12,15H,1,4,6,9-11H2,2H3/t12-/m1/s1. The molecule has 0 bridgehead atoms. The van der Waals surface area contributed by atoms with E-state index >= 15 is 0 Å². The van der Waals surface area contributed by atoms with E-state index in [1.807, 2.05) is 19.3 Å². The number of aromatic nitrogens is 1. The summed E-state index contributed by atoms with van der Waals surface area (Å²) >= 11 is 0. The van der Waals surface area contributed by atoms with Crippen LogP contribution in [0.25, 0.3) is 0 Å². The maximum Gasteiger partial charge on any atom is 0.270 e. The molecule has 6 nitrogen and oxygen atoms in total. The average Bonchev–Trinajstić information content (AvgIpc) is 2.91. The molecule has 0 unspecified atom stereocenters. The summed E-state index contributed by atoms with van der Waals surface area (Å²) in [6.45, 7) is 4.89. The van der Waals surface area contributed by atoms with Crippen molar-refractivity contribution in [1.29, 1.82) is 0 Å². The quantitative estimate of drug-likeness (QED) is 0.880. The van der Waals surface area contributed by atoms with Crippen molar-refractivity contribution < 1.29 is 13.2 Å². The molecule has 1 aliphatic rings. The normalized spacial score (nSPS) is 19.5. The molecule has 0 aliphatic carbocycles. The molecule has 7 heteroatoms. The predicted octanol–water partition coefficient (Wildman–Crippen LogP) is 0.940. The van der Waals surface area contributed by atoms with Gasteiger partial charge in [0, 0.05) is 38.3 Å². The number of nitrogens with zero attached hydrogens (tertiary/aromatic N) is 2. The molecule has 1 saturated heterocycles. The van der Waals surface area contributed by atoms with Crippen molar-refractivity contribution in [3.8, 4) is 0 Å². The van der Waals surface area contributed by atoms with Crippen LogP contribution in [0.2, 0.25) is 0 Å². The van der Waals surface area contributed by atoms with Crippen LogP contribution in [0, 0.1) is 5.92 Å². The molecule has 1 aromatic rings. The molecule has 2 heterocycles.